The van der Waals surface area contributed by atoms with Gasteiger partial charge in [0.15, 0.2) is 6.23 Å². The number of nitrogens with zero attached hydrogens (tertiary/aromatic N) is 3. The predicted octanol–water partition coefficient (Wildman–Crippen LogP) is -2.05. The van der Waals surface area contributed by atoms with Crippen LogP contribution in [0.4, 0.5) is 0 Å². The number of hydrogen-bond acceptors (Lipinski definition) is 8. The minimum Gasteiger partial charge on any atom is -0.393 e. The van der Waals surface area contributed by atoms with E-state index < -0.39 is 30.6 Å². The molecule has 0 aromatic heterocycles. The fourth-order valence-corrected chi connectivity index (χ4v) is 1.90. The van der Waals surface area contributed by atoms with Crippen molar-refractivity contribution in [2.45, 2.75) is 31.0 Å². The van der Waals surface area contributed by atoms with Crippen LogP contribution in [0, 0.1) is 0 Å². The van der Waals surface area contributed by atoms with Gasteiger partial charge in [-0.2, -0.15) is 4.99 Å². The van der Waals surface area contributed by atoms with Gasteiger partial charge in [-0.25, -0.2) is 4.99 Å². The maximum Gasteiger partial charge on any atom is 0.223 e. The Kier molecular flexibility index (Phi) is 3.11. The van der Waals surface area contributed by atoms with Crippen LogP contribution >= 0.6 is 0 Å². The zero-order valence-electron chi connectivity index (χ0n) is 9.89. The molecule has 0 aromatic carbocycles. The zero-order chi connectivity index (χ0) is 13.5. The van der Waals surface area contributed by atoms with E-state index in [1.807, 2.05) is 0 Å². The molecule has 0 aromatic rings. The summed E-state index contributed by atoms with van der Waals surface area (Å²) >= 11 is 0. The summed E-state index contributed by atoms with van der Waals surface area (Å²) in [5.41, 5.74) is 4.15. The molecule has 4 atom stereocenters. The highest BCUT2D eigenvalue weighted by molar-refractivity contribution is 5.89. The van der Waals surface area contributed by atoms with Crippen molar-refractivity contribution < 1.29 is 20.1 Å². The molecule has 18 heavy (non-hydrogen) atoms. The zero-order valence-corrected chi connectivity index (χ0v) is 9.89. The second kappa shape index (κ2) is 4.32. The Bertz CT molecular complexity index is 424. The molecular weight excluding hydrogens is 240 g/mol. The average Bonchev–Trinajstić information content (AvgIpc) is 2.55. The van der Waals surface area contributed by atoms with E-state index in [-0.39, 0.29) is 11.8 Å². The standard InChI is InChI=1S/C10H16N4O4/c1-5-13-9(11)12-4-14(5)8-6(16)7(17)10(2,3-15)18-8/h4,6-8,15-17H,1,3H2,2H3,(H2,11,13)/t6?,7-,8-,10-/m1/s1. The molecule has 0 aliphatic carbocycles. The molecule has 2 rings (SSSR count). The maximum absolute atomic E-state index is 9.95. The van der Waals surface area contributed by atoms with Gasteiger partial charge in [-0.15, -0.1) is 0 Å². The monoisotopic (exact) mass is 256 g/mol. The van der Waals surface area contributed by atoms with Crippen LogP contribution in [0.5, 0.6) is 0 Å². The minimum absolute atomic E-state index is 0.0502. The second-order valence-electron chi connectivity index (χ2n) is 4.45. The van der Waals surface area contributed by atoms with Gasteiger partial charge in [0, 0.05) is 0 Å². The van der Waals surface area contributed by atoms with E-state index in [0.717, 1.165) is 0 Å². The van der Waals surface area contributed by atoms with Crippen molar-refractivity contribution in [2.75, 3.05) is 6.61 Å². The van der Waals surface area contributed by atoms with Gasteiger partial charge < -0.3 is 25.8 Å². The SMILES string of the molecule is C=C1N=C(N)N=CN1[C@@H]1O[C@](C)(CO)[C@H](O)C1O. The molecule has 1 saturated heterocycles. The molecule has 0 spiro atoms. The molecule has 0 bridgehead atoms. The van der Waals surface area contributed by atoms with Gasteiger partial charge in [-0.1, -0.05) is 6.58 Å². The molecule has 0 amide bonds. The van der Waals surface area contributed by atoms with Crippen LogP contribution in [-0.2, 0) is 4.74 Å². The Hall–Kier alpha value is -1.48. The van der Waals surface area contributed by atoms with Crippen molar-refractivity contribution in [1.29, 1.82) is 0 Å². The lowest BCUT2D eigenvalue weighted by atomic mass is 9.98. The van der Waals surface area contributed by atoms with E-state index in [0.29, 0.717) is 0 Å². The van der Waals surface area contributed by atoms with E-state index in [1.54, 1.807) is 0 Å². The molecule has 2 aliphatic rings. The third-order valence-corrected chi connectivity index (χ3v) is 3.08. The first-order chi connectivity index (χ1) is 8.39. The van der Waals surface area contributed by atoms with Crippen LogP contribution in [0.3, 0.4) is 0 Å². The maximum atomic E-state index is 9.95. The number of aliphatic hydroxyl groups excluding tert-OH is 3. The van der Waals surface area contributed by atoms with E-state index in [4.69, 9.17) is 10.5 Å². The predicted molar refractivity (Wildman–Crippen MR) is 63.5 cm³/mol. The lowest BCUT2D eigenvalue weighted by Crippen LogP contribution is -2.44. The smallest absolute Gasteiger partial charge is 0.223 e. The first-order valence-corrected chi connectivity index (χ1v) is 5.39. The summed E-state index contributed by atoms with van der Waals surface area (Å²) in [6, 6.07) is 0. The molecule has 8 nitrogen and oxygen atoms in total. The number of aliphatic hydroxyl groups is 3. The van der Waals surface area contributed by atoms with Crippen molar-refractivity contribution >= 4 is 12.3 Å². The molecule has 0 saturated carbocycles. The number of guanidine groups is 1. The van der Waals surface area contributed by atoms with Gasteiger partial charge in [0.2, 0.25) is 5.96 Å². The highest BCUT2D eigenvalue weighted by Gasteiger charge is 2.53. The van der Waals surface area contributed by atoms with Gasteiger partial charge in [-0.3, -0.25) is 4.90 Å². The number of nitrogens with two attached hydrogens (primary N) is 1. The summed E-state index contributed by atoms with van der Waals surface area (Å²) < 4.78 is 5.48. The largest absolute Gasteiger partial charge is 0.393 e. The molecule has 8 heteroatoms. The number of hydrogen-bond donors (Lipinski definition) is 4. The van der Waals surface area contributed by atoms with E-state index in [1.165, 1.54) is 18.2 Å². The quantitative estimate of drug-likeness (QED) is 0.450. The average molecular weight is 256 g/mol. The molecule has 0 radical (unpaired) electrons. The molecule has 1 fully saturated rings. The molecule has 1 unspecified atom stereocenters. The normalized spacial score (nSPS) is 40.2. The summed E-state index contributed by atoms with van der Waals surface area (Å²) in [5.74, 6) is 0.287. The number of ether oxygens (including phenoxy) is 1. The minimum atomic E-state index is -1.25. The molecule has 2 heterocycles. The molecule has 100 valence electrons. The van der Waals surface area contributed by atoms with Crippen LogP contribution < -0.4 is 5.73 Å². The van der Waals surface area contributed by atoms with Crippen molar-refractivity contribution in [3.8, 4) is 0 Å². The van der Waals surface area contributed by atoms with Crippen molar-refractivity contribution in [3.05, 3.63) is 12.4 Å². The molecule has 5 N–H and O–H groups in total. The van der Waals surface area contributed by atoms with Crippen molar-refractivity contribution in [1.82, 2.24) is 4.90 Å². The second-order valence-corrected chi connectivity index (χ2v) is 4.45. The van der Waals surface area contributed by atoms with Gasteiger partial charge in [0.05, 0.1) is 6.61 Å². The van der Waals surface area contributed by atoms with E-state index >= 15 is 0 Å². The van der Waals surface area contributed by atoms with Crippen molar-refractivity contribution in [2.24, 2.45) is 15.7 Å². The third kappa shape index (κ3) is 1.89. The van der Waals surface area contributed by atoms with Crippen LogP contribution in [0.2, 0.25) is 0 Å². The van der Waals surface area contributed by atoms with Gasteiger partial charge in [0.25, 0.3) is 0 Å². The summed E-state index contributed by atoms with van der Waals surface area (Å²) in [5, 5.41) is 29.0. The van der Waals surface area contributed by atoms with E-state index in [2.05, 4.69) is 16.6 Å². The third-order valence-electron chi connectivity index (χ3n) is 3.08. The Labute approximate surface area is 104 Å². The van der Waals surface area contributed by atoms with Crippen LogP contribution in [-0.4, -0.2) is 63.2 Å². The Morgan fingerprint density at radius 2 is 2.28 bits per heavy atom. The fourth-order valence-electron chi connectivity index (χ4n) is 1.90. The van der Waals surface area contributed by atoms with Crippen LogP contribution in [0.1, 0.15) is 6.92 Å². The molecular formula is C10H16N4O4. The number of rotatable bonds is 2. The summed E-state index contributed by atoms with van der Waals surface area (Å²) in [4.78, 5) is 8.96. The first-order valence-electron chi connectivity index (χ1n) is 5.39. The Balaban J connectivity index is 2.21. The van der Waals surface area contributed by atoms with Gasteiger partial charge in [0.1, 0.15) is 30.0 Å². The first kappa shape index (κ1) is 13.0. The number of aliphatic imine (C=N–C) groups is 2. The van der Waals surface area contributed by atoms with Gasteiger partial charge >= 0.3 is 0 Å². The lowest BCUT2D eigenvalue weighted by Gasteiger charge is -2.30. The van der Waals surface area contributed by atoms with Crippen LogP contribution in [0.15, 0.2) is 22.4 Å². The van der Waals surface area contributed by atoms with Gasteiger partial charge in [-0.05, 0) is 6.92 Å². The summed E-state index contributed by atoms with van der Waals surface area (Å²) in [7, 11) is 0. The Morgan fingerprint density at radius 1 is 1.61 bits per heavy atom. The highest BCUT2D eigenvalue weighted by atomic mass is 16.6. The van der Waals surface area contributed by atoms with E-state index in [9.17, 15) is 15.3 Å². The fraction of sp³-hybridized carbons (Fsp3) is 0.600. The molecule has 2 aliphatic heterocycles. The highest BCUT2D eigenvalue weighted by Crippen LogP contribution is 2.33. The van der Waals surface area contributed by atoms with Crippen LogP contribution in [0.25, 0.3) is 0 Å². The summed E-state index contributed by atoms with van der Waals surface area (Å²) in [6.45, 7) is 4.73. The Morgan fingerprint density at radius 3 is 2.78 bits per heavy atom. The topological polar surface area (TPSA) is 124 Å². The van der Waals surface area contributed by atoms with Crippen molar-refractivity contribution in [3.63, 3.8) is 0 Å². The lowest BCUT2D eigenvalue weighted by molar-refractivity contribution is -0.119. The summed E-state index contributed by atoms with van der Waals surface area (Å²) in [6.07, 6.45) is -2.06.